The van der Waals surface area contributed by atoms with Gasteiger partial charge in [-0.3, -0.25) is 0 Å². The molecule has 0 aliphatic carbocycles. The summed E-state index contributed by atoms with van der Waals surface area (Å²) in [6.07, 6.45) is 1.57. The van der Waals surface area contributed by atoms with Gasteiger partial charge < -0.3 is 5.32 Å². The van der Waals surface area contributed by atoms with Gasteiger partial charge in [0.2, 0.25) is 0 Å². The summed E-state index contributed by atoms with van der Waals surface area (Å²) < 4.78 is 2.42. The molecule has 0 fully saturated rings. The zero-order valence-electron chi connectivity index (χ0n) is 10.7. The van der Waals surface area contributed by atoms with Gasteiger partial charge in [-0.2, -0.15) is 0 Å². The van der Waals surface area contributed by atoms with Crippen LogP contribution >= 0.6 is 22.9 Å². The van der Waals surface area contributed by atoms with E-state index in [1.165, 1.54) is 16.9 Å². The summed E-state index contributed by atoms with van der Waals surface area (Å²) in [5.41, 5.74) is 3.09. The molecule has 0 aliphatic heterocycles. The molecule has 1 atom stereocenters. The number of aromatic nitrogens is 4. The molecule has 0 saturated heterocycles. The van der Waals surface area contributed by atoms with Gasteiger partial charge in [-0.05, 0) is 52.6 Å². The van der Waals surface area contributed by atoms with Crippen molar-refractivity contribution in [3.05, 3.63) is 51.9 Å². The third-order valence-electron chi connectivity index (χ3n) is 2.93. The van der Waals surface area contributed by atoms with E-state index < -0.39 is 0 Å². The second kappa shape index (κ2) is 5.60. The summed E-state index contributed by atoms with van der Waals surface area (Å²) in [4.78, 5) is 0. The van der Waals surface area contributed by atoms with Crippen LogP contribution in [0.15, 0.2) is 42.0 Å². The van der Waals surface area contributed by atoms with Gasteiger partial charge in [-0.15, -0.1) is 16.4 Å². The molecule has 0 spiro atoms. The lowest BCUT2D eigenvalue weighted by Crippen LogP contribution is -2.06. The van der Waals surface area contributed by atoms with Crippen molar-refractivity contribution in [2.75, 3.05) is 5.32 Å². The average molecular weight is 306 g/mol. The van der Waals surface area contributed by atoms with Crippen molar-refractivity contribution in [3.63, 3.8) is 0 Å². The molecular formula is C13H12ClN5S. The molecule has 0 aliphatic rings. The van der Waals surface area contributed by atoms with Gasteiger partial charge in [-0.1, -0.05) is 17.7 Å². The molecule has 0 radical (unpaired) electrons. The fourth-order valence-corrected chi connectivity index (χ4v) is 2.89. The van der Waals surface area contributed by atoms with Gasteiger partial charge >= 0.3 is 0 Å². The molecule has 20 heavy (non-hydrogen) atoms. The van der Waals surface area contributed by atoms with E-state index in [4.69, 9.17) is 11.6 Å². The van der Waals surface area contributed by atoms with Crippen LogP contribution in [0.2, 0.25) is 4.34 Å². The Hall–Kier alpha value is -1.92. The van der Waals surface area contributed by atoms with Crippen LogP contribution in [-0.4, -0.2) is 20.2 Å². The lowest BCUT2D eigenvalue weighted by Gasteiger charge is -2.14. The molecule has 2 heterocycles. The van der Waals surface area contributed by atoms with Crippen LogP contribution in [0.5, 0.6) is 0 Å². The Balaban J connectivity index is 1.79. The molecule has 1 N–H and O–H groups in total. The van der Waals surface area contributed by atoms with Crippen LogP contribution in [0, 0.1) is 0 Å². The zero-order chi connectivity index (χ0) is 13.9. The quantitative estimate of drug-likeness (QED) is 0.801. The Morgan fingerprint density at radius 1 is 1.35 bits per heavy atom. The van der Waals surface area contributed by atoms with E-state index in [0.717, 1.165) is 15.7 Å². The maximum absolute atomic E-state index is 5.97. The monoisotopic (exact) mass is 305 g/mol. The highest BCUT2D eigenvalue weighted by Crippen LogP contribution is 2.27. The van der Waals surface area contributed by atoms with E-state index >= 15 is 0 Å². The van der Waals surface area contributed by atoms with Crippen LogP contribution in [0.25, 0.3) is 5.69 Å². The van der Waals surface area contributed by atoms with Crippen LogP contribution in [0.1, 0.15) is 18.5 Å². The Kier molecular flexibility index (Phi) is 3.66. The average Bonchev–Trinajstić information content (AvgIpc) is 3.10. The fraction of sp³-hybridized carbons (Fsp3) is 0.154. The van der Waals surface area contributed by atoms with Gasteiger partial charge in [-0.25, -0.2) is 4.68 Å². The molecular weight excluding hydrogens is 294 g/mol. The summed E-state index contributed by atoms with van der Waals surface area (Å²) >= 11 is 7.50. The lowest BCUT2D eigenvalue weighted by atomic mass is 10.1. The largest absolute Gasteiger partial charge is 0.378 e. The second-order valence-corrected chi connectivity index (χ2v) is 5.90. The minimum absolute atomic E-state index is 0.183. The van der Waals surface area contributed by atoms with Crippen LogP contribution in [0.4, 0.5) is 5.69 Å². The van der Waals surface area contributed by atoms with Gasteiger partial charge in [0, 0.05) is 11.7 Å². The lowest BCUT2D eigenvalue weighted by molar-refractivity contribution is 0.788. The number of thiophene rings is 1. The Bertz CT molecular complexity index is 694. The fourth-order valence-electron chi connectivity index (χ4n) is 1.90. The number of halogens is 1. The van der Waals surface area contributed by atoms with Crippen LogP contribution < -0.4 is 5.32 Å². The van der Waals surface area contributed by atoms with E-state index in [2.05, 4.69) is 33.1 Å². The highest BCUT2D eigenvalue weighted by Gasteiger charge is 2.08. The first-order valence-corrected chi connectivity index (χ1v) is 7.32. The molecule has 7 heteroatoms. The molecule has 2 aromatic heterocycles. The standard InChI is InChI=1S/C13H12ClN5S/c1-9(10-5-13(14)20-7-10)16-11-3-2-4-12(6-11)19-8-15-17-18-19/h2-9,16H,1H3. The third kappa shape index (κ3) is 2.81. The number of hydrogen-bond donors (Lipinski definition) is 1. The molecule has 3 aromatic rings. The number of rotatable bonds is 4. The van der Waals surface area contributed by atoms with Crippen molar-refractivity contribution in [2.45, 2.75) is 13.0 Å². The van der Waals surface area contributed by atoms with Crippen LogP contribution in [0.3, 0.4) is 0 Å². The molecule has 0 amide bonds. The van der Waals surface area contributed by atoms with Crippen LogP contribution in [-0.2, 0) is 0 Å². The Labute approximate surface area is 125 Å². The molecule has 5 nitrogen and oxygen atoms in total. The van der Waals surface area contributed by atoms with Crippen molar-refractivity contribution in [1.29, 1.82) is 0 Å². The smallest absolute Gasteiger partial charge is 0.143 e. The van der Waals surface area contributed by atoms with E-state index in [9.17, 15) is 0 Å². The maximum atomic E-state index is 5.97. The van der Waals surface area contributed by atoms with E-state index in [1.54, 1.807) is 11.0 Å². The maximum Gasteiger partial charge on any atom is 0.143 e. The normalized spacial score (nSPS) is 12.3. The van der Waals surface area contributed by atoms with Crippen molar-refractivity contribution in [3.8, 4) is 5.69 Å². The number of anilines is 1. The molecule has 1 unspecified atom stereocenters. The second-order valence-electron chi connectivity index (χ2n) is 4.35. The van der Waals surface area contributed by atoms with Crippen molar-refractivity contribution < 1.29 is 0 Å². The highest BCUT2D eigenvalue weighted by molar-refractivity contribution is 7.14. The Morgan fingerprint density at radius 3 is 2.95 bits per heavy atom. The van der Waals surface area contributed by atoms with Gasteiger partial charge in [0.25, 0.3) is 0 Å². The van der Waals surface area contributed by atoms with E-state index in [1.807, 2.05) is 30.3 Å². The zero-order valence-corrected chi connectivity index (χ0v) is 12.3. The number of nitrogens with zero attached hydrogens (tertiary/aromatic N) is 4. The highest BCUT2D eigenvalue weighted by atomic mass is 35.5. The molecule has 0 bridgehead atoms. The number of nitrogens with one attached hydrogen (secondary N) is 1. The van der Waals surface area contributed by atoms with E-state index in [-0.39, 0.29) is 6.04 Å². The number of hydrogen-bond acceptors (Lipinski definition) is 5. The summed E-state index contributed by atoms with van der Waals surface area (Å²) in [6, 6.07) is 10.1. The summed E-state index contributed by atoms with van der Waals surface area (Å²) in [5.74, 6) is 0. The van der Waals surface area contributed by atoms with E-state index in [0.29, 0.717) is 0 Å². The van der Waals surface area contributed by atoms with Gasteiger partial charge in [0.05, 0.1) is 10.0 Å². The predicted octanol–water partition coefficient (Wildman–Crippen LogP) is 3.55. The van der Waals surface area contributed by atoms with Crippen molar-refractivity contribution in [2.24, 2.45) is 0 Å². The molecule has 102 valence electrons. The Morgan fingerprint density at radius 2 is 2.25 bits per heavy atom. The topological polar surface area (TPSA) is 55.6 Å². The molecule has 0 saturated carbocycles. The number of benzene rings is 1. The minimum atomic E-state index is 0.183. The third-order valence-corrected chi connectivity index (χ3v) is 4.04. The summed E-state index contributed by atoms with van der Waals surface area (Å²) in [6.45, 7) is 2.10. The van der Waals surface area contributed by atoms with Gasteiger partial charge in [0.1, 0.15) is 6.33 Å². The molecule has 1 aromatic carbocycles. The predicted molar refractivity (Wildman–Crippen MR) is 80.5 cm³/mol. The first-order valence-electron chi connectivity index (χ1n) is 6.06. The molecule has 3 rings (SSSR count). The SMILES string of the molecule is CC(Nc1cccc(-n2cnnn2)c1)c1csc(Cl)c1. The van der Waals surface area contributed by atoms with Crippen molar-refractivity contribution >= 4 is 28.6 Å². The van der Waals surface area contributed by atoms with Crippen molar-refractivity contribution in [1.82, 2.24) is 20.2 Å². The summed E-state index contributed by atoms with van der Waals surface area (Å²) in [5, 5.41) is 16.7. The first-order chi connectivity index (χ1) is 9.72. The number of tetrazole rings is 1. The van der Waals surface area contributed by atoms with Gasteiger partial charge in [0.15, 0.2) is 0 Å². The first kappa shape index (κ1) is 13.1. The minimum Gasteiger partial charge on any atom is -0.378 e. The summed E-state index contributed by atoms with van der Waals surface area (Å²) in [7, 11) is 0.